The zero-order valence-electron chi connectivity index (χ0n) is 31.9. The highest BCUT2D eigenvalue weighted by atomic mass is 35.5. The number of amides is 1. The number of nitriles is 1. The predicted octanol–water partition coefficient (Wildman–Crippen LogP) is 9.86. The van der Waals surface area contributed by atoms with Crippen molar-refractivity contribution in [2.45, 2.75) is 75.6 Å². The molecule has 0 aliphatic carbocycles. The summed E-state index contributed by atoms with van der Waals surface area (Å²) in [5.74, 6) is -1.52. The van der Waals surface area contributed by atoms with Crippen molar-refractivity contribution in [2.24, 2.45) is 0 Å². The minimum Gasteiger partial charge on any atom is -0.461 e. The third kappa shape index (κ3) is 6.91. The summed E-state index contributed by atoms with van der Waals surface area (Å²) in [6, 6.07) is 5.41. The lowest BCUT2D eigenvalue weighted by atomic mass is 9.94. The van der Waals surface area contributed by atoms with Crippen LogP contribution < -0.4 is 15.0 Å². The molecule has 4 aromatic rings. The molecular weight excluding hydrogens is 808 g/mol. The van der Waals surface area contributed by atoms with Crippen LogP contribution in [0.5, 0.6) is 6.01 Å². The molecule has 0 radical (unpaired) electrons. The van der Waals surface area contributed by atoms with E-state index in [1.165, 1.54) is 12.1 Å². The second-order valence-corrected chi connectivity index (χ2v) is 17.8. The molecule has 0 saturated carbocycles. The van der Waals surface area contributed by atoms with Gasteiger partial charge in [0.15, 0.2) is 5.82 Å². The summed E-state index contributed by atoms with van der Waals surface area (Å²) in [6.07, 6.45) is -1.01. The number of ether oxygens (including phenoxy) is 2. The molecule has 1 amide bonds. The van der Waals surface area contributed by atoms with Gasteiger partial charge in [-0.15, -0.1) is 11.3 Å². The molecule has 0 spiro atoms. The number of benzene rings is 2. The predicted molar refractivity (Wildman–Crippen MR) is 209 cm³/mol. The molecule has 6 heterocycles. The van der Waals surface area contributed by atoms with E-state index in [4.69, 9.17) is 26.1 Å². The van der Waals surface area contributed by atoms with Crippen LogP contribution in [0.4, 0.5) is 42.0 Å². The summed E-state index contributed by atoms with van der Waals surface area (Å²) < 4.78 is 99.8. The molecule has 2 aromatic heterocycles. The SMILES string of the molecule is CN1C2CCC1(C=C(F)F)CN(c1nc(OC[C@]34CCCN3CC(=C(F)F)C4)nc3c(F)c(-c4ccc(F)c5sc(NC(=O)OC(C)(C)C)c(C#N)c45)c(Cl)cc13)C2. The molecule has 306 valence electrons. The lowest BCUT2D eigenvalue weighted by molar-refractivity contribution is 0.0636. The van der Waals surface area contributed by atoms with E-state index < -0.39 is 46.6 Å². The largest absolute Gasteiger partial charge is 0.461 e. The van der Waals surface area contributed by atoms with E-state index in [2.05, 4.69) is 10.3 Å². The van der Waals surface area contributed by atoms with Crippen LogP contribution in [0.3, 0.4) is 0 Å². The third-order valence-corrected chi connectivity index (χ3v) is 13.2. The quantitative estimate of drug-likeness (QED) is 0.182. The van der Waals surface area contributed by atoms with Crippen LogP contribution in [-0.4, -0.2) is 88.4 Å². The van der Waals surface area contributed by atoms with Crippen molar-refractivity contribution in [3.63, 3.8) is 0 Å². The van der Waals surface area contributed by atoms with Gasteiger partial charge in [0.2, 0.25) is 0 Å². The minimum atomic E-state index is -1.83. The fraction of sp³-hybridized carbons (Fsp3) is 0.450. The third-order valence-electron chi connectivity index (χ3n) is 11.8. The number of nitrogens with one attached hydrogen (secondary N) is 1. The molecule has 3 atom stereocenters. The first-order valence-electron chi connectivity index (χ1n) is 18.7. The summed E-state index contributed by atoms with van der Waals surface area (Å²) >= 11 is 7.70. The van der Waals surface area contributed by atoms with Crippen molar-refractivity contribution in [3.8, 4) is 23.2 Å². The fourth-order valence-corrected chi connectivity index (χ4v) is 10.5. The molecule has 18 heteroatoms. The summed E-state index contributed by atoms with van der Waals surface area (Å²) in [6.45, 7) is 6.00. The first kappa shape index (κ1) is 40.2. The van der Waals surface area contributed by atoms with E-state index >= 15 is 8.78 Å². The zero-order chi connectivity index (χ0) is 41.5. The number of nitrogens with zero attached hydrogens (tertiary/aromatic N) is 6. The van der Waals surface area contributed by atoms with Crippen molar-refractivity contribution in [1.82, 2.24) is 19.8 Å². The number of carbonyl (C=O) groups excluding carboxylic acids is 1. The molecule has 4 aliphatic heterocycles. The van der Waals surface area contributed by atoms with Crippen LogP contribution in [0.25, 0.3) is 32.1 Å². The van der Waals surface area contributed by atoms with Crippen LogP contribution in [0.15, 0.2) is 42.0 Å². The topological polar surface area (TPSA) is 107 Å². The highest BCUT2D eigenvalue weighted by Gasteiger charge is 2.50. The molecule has 10 nitrogen and oxygen atoms in total. The van der Waals surface area contributed by atoms with Gasteiger partial charge in [0.25, 0.3) is 12.2 Å². The van der Waals surface area contributed by atoms with Gasteiger partial charge in [-0.3, -0.25) is 15.1 Å². The Balaban J connectivity index is 1.28. The number of anilines is 2. The van der Waals surface area contributed by atoms with E-state index in [1.54, 1.807) is 32.7 Å². The van der Waals surface area contributed by atoms with Gasteiger partial charge in [-0.1, -0.05) is 17.7 Å². The van der Waals surface area contributed by atoms with Gasteiger partial charge in [0.1, 0.15) is 40.4 Å². The molecule has 1 N–H and O–H groups in total. The van der Waals surface area contributed by atoms with Crippen LogP contribution in [0, 0.1) is 23.0 Å². The number of fused-ring (bicyclic) bond motifs is 5. The number of rotatable bonds is 7. The average Bonchev–Trinajstić information content (AvgIpc) is 3.85. The second kappa shape index (κ2) is 14.6. The number of piperazine rings is 1. The Morgan fingerprint density at radius 2 is 1.97 bits per heavy atom. The van der Waals surface area contributed by atoms with Crippen molar-refractivity contribution >= 4 is 60.8 Å². The molecule has 2 unspecified atom stereocenters. The van der Waals surface area contributed by atoms with Gasteiger partial charge in [0.05, 0.1) is 26.4 Å². The van der Waals surface area contributed by atoms with E-state index in [0.717, 1.165) is 29.9 Å². The Morgan fingerprint density at radius 3 is 2.67 bits per heavy atom. The van der Waals surface area contributed by atoms with Gasteiger partial charge in [-0.2, -0.15) is 32.8 Å². The maximum Gasteiger partial charge on any atom is 0.412 e. The Kier molecular flexibility index (Phi) is 10.1. The fourth-order valence-electron chi connectivity index (χ4n) is 9.14. The highest BCUT2D eigenvalue weighted by molar-refractivity contribution is 7.23. The van der Waals surface area contributed by atoms with Gasteiger partial charge < -0.3 is 14.4 Å². The number of hydrogen-bond donors (Lipinski definition) is 1. The van der Waals surface area contributed by atoms with Gasteiger partial charge in [-0.05, 0) is 84.2 Å². The van der Waals surface area contributed by atoms with E-state index in [9.17, 15) is 27.6 Å². The first-order chi connectivity index (χ1) is 27.4. The van der Waals surface area contributed by atoms with Crippen molar-refractivity contribution in [2.75, 3.05) is 50.1 Å². The number of hydrogen-bond acceptors (Lipinski definition) is 10. The Bertz CT molecular complexity index is 2480. The number of halogens is 7. The average molecular weight is 846 g/mol. The monoisotopic (exact) mass is 845 g/mol. The number of aromatic nitrogens is 2. The molecule has 4 aliphatic rings. The van der Waals surface area contributed by atoms with Crippen LogP contribution in [-0.2, 0) is 4.74 Å². The van der Waals surface area contributed by atoms with E-state index in [-0.39, 0.29) is 97.3 Å². The maximum absolute atomic E-state index is 17.5. The van der Waals surface area contributed by atoms with Crippen LogP contribution >= 0.6 is 22.9 Å². The second-order valence-electron chi connectivity index (χ2n) is 16.4. The van der Waals surface area contributed by atoms with Crippen molar-refractivity contribution < 1.29 is 40.6 Å². The molecule has 4 fully saturated rings. The van der Waals surface area contributed by atoms with Crippen molar-refractivity contribution in [3.05, 3.63) is 64.2 Å². The number of likely N-dealkylation sites (N-methyl/N-ethyl adjacent to an activating group) is 1. The summed E-state index contributed by atoms with van der Waals surface area (Å²) in [7, 11) is 1.79. The van der Waals surface area contributed by atoms with E-state index in [0.29, 0.717) is 32.4 Å². The first-order valence-corrected chi connectivity index (χ1v) is 19.9. The Hall–Kier alpha value is -4.63. The molecular formula is C40H38ClF6N7O3S. The van der Waals surface area contributed by atoms with Gasteiger partial charge in [0, 0.05) is 53.7 Å². The molecule has 8 rings (SSSR count). The van der Waals surface area contributed by atoms with Gasteiger partial charge in [-0.25, -0.2) is 13.6 Å². The minimum absolute atomic E-state index is 0.00676. The molecule has 4 saturated heterocycles. The normalized spacial score (nSPS) is 23.4. The molecule has 58 heavy (non-hydrogen) atoms. The Morgan fingerprint density at radius 1 is 1.19 bits per heavy atom. The summed E-state index contributed by atoms with van der Waals surface area (Å²) in [5.41, 5.74) is -3.25. The maximum atomic E-state index is 17.5. The van der Waals surface area contributed by atoms with Crippen molar-refractivity contribution in [1.29, 1.82) is 5.26 Å². The smallest absolute Gasteiger partial charge is 0.412 e. The molecule has 2 aromatic carbocycles. The lowest BCUT2D eigenvalue weighted by Crippen LogP contribution is -2.59. The standard InChI is InChI=1S/C40H38ClF6N7O3S/c1-38(2,3)57-37(55)51-35-24(15-48)28-22(6-7-26(42)32(28)58-35)29-25(41)12-23-31(30(29)45)49-36(56-19-40-9-5-11-54(40)16-20(13-40)33(46)47)50-34(23)53-17-21-8-10-39(18-53,52(21)4)14-27(43)44/h6-7,12,14,21H,5,8-11,13,16-19H2,1-4H3,(H,51,55)/t21?,39?,40-/m1/s1. The highest BCUT2D eigenvalue weighted by Crippen LogP contribution is 2.49. The van der Waals surface area contributed by atoms with Gasteiger partial charge >= 0.3 is 12.1 Å². The summed E-state index contributed by atoms with van der Waals surface area (Å²) in [5, 5.41) is 12.8. The molecule has 2 bridgehead atoms. The Labute approximate surface area is 338 Å². The van der Waals surface area contributed by atoms with E-state index in [1.807, 2.05) is 15.9 Å². The lowest BCUT2D eigenvalue weighted by Gasteiger charge is -2.46. The van der Waals surface area contributed by atoms with Crippen LogP contribution in [0.1, 0.15) is 58.4 Å². The zero-order valence-corrected chi connectivity index (χ0v) is 33.5. The number of thiophene rings is 1. The number of carbonyl (C=O) groups is 1. The van der Waals surface area contributed by atoms with Crippen LogP contribution in [0.2, 0.25) is 5.02 Å². The summed E-state index contributed by atoms with van der Waals surface area (Å²) in [4.78, 5) is 27.6.